The van der Waals surface area contributed by atoms with Crippen molar-refractivity contribution in [3.05, 3.63) is 70.4 Å². The fraction of sp³-hybridized carbons (Fsp3) is 0.158. The largest absolute Gasteiger partial charge is 0.502 e. The molecule has 0 radical (unpaired) electrons. The van der Waals surface area contributed by atoms with Crippen LogP contribution in [0.1, 0.15) is 11.6 Å². The molecule has 0 saturated carbocycles. The number of nitrogens with zero attached hydrogens (tertiary/aromatic N) is 5. The van der Waals surface area contributed by atoms with E-state index in [1.165, 1.54) is 30.0 Å². The molecule has 12 nitrogen and oxygen atoms in total. The van der Waals surface area contributed by atoms with Crippen molar-refractivity contribution in [2.45, 2.75) is 6.04 Å². The number of fused-ring (bicyclic) bond motifs is 1. The topological polar surface area (TPSA) is 157 Å². The van der Waals surface area contributed by atoms with E-state index in [1.807, 2.05) is 0 Å². The number of carbonyl (C=O) groups is 1. The average molecular weight is 423 g/mol. The molecule has 0 bridgehead atoms. The van der Waals surface area contributed by atoms with E-state index in [0.717, 1.165) is 0 Å². The van der Waals surface area contributed by atoms with E-state index in [-0.39, 0.29) is 5.95 Å². The fourth-order valence-electron chi connectivity index (χ4n) is 3.48. The van der Waals surface area contributed by atoms with Crippen LogP contribution in [0.2, 0.25) is 0 Å². The molecule has 2 unspecified atom stereocenters. The molecule has 1 aliphatic rings. The van der Waals surface area contributed by atoms with E-state index in [9.17, 15) is 20.0 Å². The van der Waals surface area contributed by atoms with Gasteiger partial charge in [0, 0.05) is 11.8 Å². The lowest BCUT2D eigenvalue weighted by atomic mass is 9.88. The highest BCUT2D eigenvalue weighted by Gasteiger charge is 2.41. The number of carbonyl (C=O) groups excluding carboxylic acids is 1. The molecule has 3 N–H and O–H groups in total. The molecule has 2 heterocycles. The summed E-state index contributed by atoms with van der Waals surface area (Å²) in [5, 5.41) is 38.3. The zero-order chi connectivity index (χ0) is 22.1. The van der Waals surface area contributed by atoms with Crippen LogP contribution in [-0.2, 0) is 4.79 Å². The SMILES string of the molecule is C=C1Nc2nnnn2C(c2ccc(O)c([N+](=O)[O-])c2)C1C(=O)Nc1ccccc1OC. The highest BCUT2D eigenvalue weighted by atomic mass is 16.6. The maximum atomic E-state index is 13.3. The van der Waals surface area contributed by atoms with Crippen LogP contribution in [0.3, 0.4) is 0 Å². The van der Waals surface area contributed by atoms with Gasteiger partial charge in [-0.15, -0.1) is 0 Å². The number of rotatable bonds is 5. The van der Waals surface area contributed by atoms with Gasteiger partial charge in [-0.25, -0.2) is 4.68 Å². The molecule has 3 aromatic rings. The fourth-order valence-corrected chi connectivity index (χ4v) is 3.48. The van der Waals surface area contributed by atoms with Crippen LogP contribution in [0.5, 0.6) is 11.5 Å². The van der Waals surface area contributed by atoms with Crippen molar-refractivity contribution in [2.75, 3.05) is 17.7 Å². The van der Waals surface area contributed by atoms with Gasteiger partial charge in [0.25, 0.3) is 0 Å². The van der Waals surface area contributed by atoms with Crippen LogP contribution in [0.15, 0.2) is 54.7 Å². The number of ether oxygens (including phenoxy) is 1. The van der Waals surface area contributed by atoms with Gasteiger partial charge < -0.3 is 20.5 Å². The number of hydrogen-bond donors (Lipinski definition) is 3. The number of aromatic nitrogens is 4. The van der Waals surface area contributed by atoms with Gasteiger partial charge in [0.2, 0.25) is 11.9 Å². The maximum absolute atomic E-state index is 13.3. The molecule has 0 aliphatic carbocycles. The third-order valence-electron chi connectivity index (χ3n) is 4.90. The number of tetrazole rings is 1. The minimum Gasteiger partial charge on any atom is -0.502 e. The van der Waals surface area contributed by atoms with Gasteiger partial charge >= 0.3 is 5.69 Å². The van der Waals surface area contributed by atoms with Crippen molar-refractivity contribution in [1.82, 2.24) is 20.2 Å². The lowest BCUT2D eigenvalue weighted by Gasteiger charge is -2.33. The number of aromatic hydroxyl groups is 1. The first-order valence-corrected chi connectivity index (χ1v) is 9.05. The Balaban J connectivity index is 1.78. The van der Waals surface area contributed by atoms with Crippen LogP contribution in [0.25, 0.3) is 0 Å². The van der Waals surface area contributed by atoms with E-state index in [1.54, 1.807) is 24.3 Å². The molecule has 2 atom stereocenters. The van der Waals surface area contributed by atoms with Gasteiger partial charge in [-0.1, -0.05) is 29.9 Å². The molecule has 1 amide bonds. The second kappa shape index (κ2) is 7.74. The standard InChI is InChI=1S/C19H17N7O5/c1-10-16(18(28)21-12-5-3-4-6-15(12)31-2)17(25-19(20-10)22-23-24-25)11-7-8-14(27)13(9-11)26(29)30/h3-9,16-17,27H,1H2,2H3,(H,21,28)(H,20,22,24). The summed E-state index contributed by atoms with van der Waals surface area (Å²) in [6.07, 6.45) is 0. The predicted octanol–water partition coefficient (Wildman–Crippen LogP) is 2.08. The average Bonchev–Trinajstić information content (AvgIpc) is 3.21. The van der Waals surface area contributed by atoms with Crippen LogP contribution in [0.4, 0.5) is 17.3 Å². The number of nitro groups is 1. The van der Waals surface area contributed by atoms with E-state index in [4.69, 9.17) is 4.74 Å². The number of methoxy groups -OCH3 is 1. The van der Waals surface area contributed by atoms with Crippen LogP contribution < -0.4 is 15.4 Å². The Morgan fingerprint density at radius 2 is 2.13 bits per heavy atom. The number of benzene rings is 2. The first-order chi connectivity index (χ1) is 14.9. The summed E-state index contributed by atoms with van der Waals surface area (Å²) < 4.78 is 6.62. The molecule has 1 aromatic heterocycles. The number of amides is 1. The Morgan fingerprint density at radius 3 is 2.87 bits per heavy atom. The van der Waals surface area contributed by atoms with Gasteiger partial charge in [0.05, 0.1) is 23.8 Å². The summed E-state index contributed by atoms with van der Waals surface area (Å²) >= 11 is 0. The summed E-state index contributed by atoms with van der Waals surface area (Å²) in [6.45, 7) is 3.93. The lowest BCUT2D eigenvalue weighted by Crippen LogP contribution is -2.39. The molecule has 0 fully saturated rings. The normalized spacial score (nSPS) is 17.4. The number of anilines is 2. The quantitative estimate of drug-likeness (QED) is 0.413. The third-order valence-corrected chi connectivity index (χ3v) is 4.90. The summed E-state index contributed by atoms with van der Waals surface area (Å²) in [5.41, 5.74) is 0.595. The number of phenols is 1. The minimum atomic E-state index is -0.940. The molecule has 158 valence electrons. The molecule has 1 aliphatic heterocycles. The summed E-state index contributed by atoms with van der Waals surface area (Å²) in [6, 6.07) is 9.88. The van der Waals surface area contributed by atoms with Crippen molar-refractivity contribution < 1.29 is 19.6 Å². The van der Waals surface area contributed by atoms with Gasteiger partial charge in [0.15, 0.2) is 5.75 Å². The monoisotopic (exact) mass is 423 g/mol. The summed E-state index contributed by atoms with van der Waals surface area (Å²) in [4.78, 5) is 23.9. The predicted molar refractivity (Wildman–Crippen MR) is 109 cm³/mol. The second-order valence-electron chi connectivity index (χ2n) is 6.71. The Labute approximate surface area is 175 Å². The molecule has 12 heteroatoms. The molecular weight excluding hydrogens is 406 g/mol. The van der Waals surface area contributed by atoms with Crippen molar-refractivity contribution >= 4 is 23.2 Å². The Morgan fingerprint density at radius 1 is 1.35 bits per heavy atom. The first-order valence-electron chi connectivity index (χ1n) is 9.05. The number of phenolic OH excluding ortho intramolecular Hbond substituents is 1. The van der Waals surface area contributed by atoms with E-state index >= 15 is 0 Å². The number of nitro benzene ring substituents is 1. The Kier molecular flexibility index (Phi) is 4.95. The van der Waals surface area contributed by atoms with Crippen LogP contribution in [-0.4, -0.2) is 43.3 Å². The molecule has 4 rings (SSSR count). The van der Waals surface area contributed by atoms with Crippen LogP contribution >= 0.6 is 0 Å². The minimum absolute atomic E-state index is 0.229. The maximum Gasteiger partial charge on any atom is 0.311 e. The van der Waals surface area contributed by atoms with Gasteiger partial charge in [0.1, 0.15) is 11.7 Å². The van der Waals surface area contributed by atoms with E-state index < -0.39 is 34.2 Å². The zero-order valence-corrected chi connectivity index (χ0v) is 16.2. The smallest absolute Gasteiger partial charge is 0.311 e. The number of nitrogens with one attached hydrogen (secondary N) is 2. The number of para-hydroxylation sites is 2. The highest BCUT2D eigenvalue weighted by molar-refractivity contribution is 5.97. The molecular formula is C19H17N7O5. The van der Waals surface area contributed by atoms with Crippen molar-refractivity contribution in [1.29, 1.82) is 0 Å². The summed E-state index contributed by atoms with van der Waals surface area (Å²) in [7, 11) is 1.48. The lowest BCUT2D eigenvalue weighted by molar-refractivity contribution is -0.385. The third kappa shape index (κ3) is 3.50. The zero-order valence-electron chi connectivity index (χ0n) is 16.2. The van der Waals surface area contributed by atoms with Gasteiger partial charge in [-0.3, -0.25) is 14.9 Å². The highest BCUT2D eigenvalue weighted by Crippen LogP contribution is 2.40. The van der Waals surface area contributed by atoms with Crippen molar-refractivity contribution in [3.63, 3.8) is 0 Å². The number of hydrogen-bond acceptors (Lipinski definition) is 9. The van der Waals surface area contributed by atoms with Gasteiger partial charge in [-0.2, -0.15) is 0 Å². The second-order valence-corrected chi connectivity index (χ2v) is 6.71. The van der Waals surface area contributed by atoms with Crippen molar-refractivity contribution in [2.24, 2.45) is 5.92 Å². The Bertz CT molecular complexity index is 1190. The molecule has 31 heavy (non-hydrogen) atoms. The summed E-state index contributed by atoms with van der Waals surface area (Å²) in [5.74, 6) is -1.19. The Hall–Kier alpha value is -4.48. The molecule has 2 aromatic carbocycles. The van der Waals surface area contributed by atoms with Crippen LogP contribution in [0, 0.1) is 16.0 Å². The molecule has 0 spiro atoms. The molecule has 0 saturated heterocycles. The van der Waals surface area contributed by atoms with E-state index in [0.29, 0.717) is 22.7 Å². The van der Waals surface area contributed by atoms with Crippen molar-refractivity contribution in [3.8, 4) is 11.5 Å². The first kappa shape index (κ1) is 19.8. The van der Waals surface area contributed by atoms with Gasteiger partial charge in [-0.05, 0) is 34.2 Å². The van der Waals surface area contributed by atoms with E-state index in [2.05, 4.69) is 32.7 Å².